The van der Waals surface area contributed by atoms with Gasteiger partial charge < -0.3 is 15.5 Å². The third-order valence-corrected chi connectivity index (χ3v) is 5.49. The molecule has 0 amide bonds. The van der Waals surface area contributed by atoms with E-state index in [-0.39, 0.29) is 0 Å². The number of H-pyrrole nitrogens is 1. The molecule has 32 heavy (non-hydrogen) atoms. The molecule has 0 saturated carbocycles. The van der Waals surface area contributed by atoms with E-state index in [1.54, 1.807) is 6.07 Å². The number of aromatic nitrogens is 1. The standard InChI is InChI=1S/C26H25F3N2O/c27-26(28,29)20-10-6-9-19(15-20)25-22(11-4-5-14-30)23-16-21(12-13-24(23)31-25)32-17-18-7-2-1-3-8-18/h1-3,6-10,12-13,15-16,31H,4-5,11,14,17,30H2. The van der Waals surface area contributed by atoms with Gasteiger partial charge in [0.25, 0.3) is 0 Å². The van der Waals surface area contributed by atoms with Crippen molar-refractivity contribution in [3.63, 3.8) is 0 Å². The van der Waals surface area contributed by atoms with Gasteiger partial charge in [0.05, 0.1) is 5.56 Å². The largest absolute Gasteiger partial charge is 0.489 e. The Hall–Kier alpha value is -3.25. The quantitative estimate of drug-likeness (QED) is 0.300. The van der Waals surface area contributed by atoms with Gasteiger partial charge in [-0.05, 0) is 72.8 Å². The lowest BCUT2D eigenvalue weighted by Crippen LogP contribution is -2.04. The Kier molecular flexibility index (Phi) is 6.51. The van der Waals surface area contributed by atoms with Crippen molar-refractivity contribution >= 4 is 10.9 Å². The van der Waals surface area contributed by atoms with Crippen molar-refractivity contribution in [1.82, 2.24) is 4.98 Å². The number of nitrogens with two attached hydrogens (primary N) is 1. The second-order valence-corrected chi connectivity index (χ2v) is 7.78. The van der Waals surface area contributed by atoms with E-state index in [1.807, 2.05) is 48.5 Å². The normalized spacial score (nSPS) is 11.8. The maximum Gasteiger partial charge on any atom is 0.416 e. The first-order valence-corrected chi connectivity index (χ1v) is 10.6. The number of nitrogens with one attached hydrogen (secondary N) is 1. The van der Waals surface area contributed by atoms with Gasteiger partial charge >= 0.3 is 6.18 Å². The molecule has 0 atom stereocenters. The molecule has 3 aromatic carbocycles. The summed E-state index contributed by atoms with van der Waals surface area (Å²) in [6.45, 7) is 1.02. The monoisotopic (exact) mass is 438 g/mol. The van der Waals surface area contributed by atoms with Crippen LogP contribution in [0.1, 0.15) is 29.5 Å². The molecule has 1 aromatic heterocycles. The van der Waals surface area contributed by atoms with Crippen molar-refractivity contribution in [2.75, 3.05) is 6.54 Å². The lowest BCUT2D eigenvalue weighted by atomic mass is 9.99. The van der Waals surface area contributed by atoms with Crippen molar-refractivity contribution in [3.8, 4) is 17.0 Å². The minimum absolute atomic E-state index is 0.444. The van der Waals surface area contributed by atoms with E-state index in [4.69, 9.17) is 10.5 Å². The average Bonchev–Trinajstić information content (AvgIpc) is 3.16. The highest BCUT2D eigenvalue weighted by Gasteiger charge is 2.30. The van der Waals surface area contributed by atoms with Crippen LogP contribution in [-0.4, -0.2) is 11.5 Å². The molecule has 4 rings (SSSR count). The number of ether oxygens (including phenoxy) is 1. The maximum atomic E-state index is 13.3. The number of fused-ring (bicyclic) bond motifs is 1. The van der Waals surface area contributed by atoms with Crippen LogP contribution in [0.4, 0.5) is 13.2 Å². The van der Waals surface area contributed by atoms with E-state index >= 15 is 0 Å². The average molecular weight is 438 g/mol. The van der Waals surface area contributed by atoms with Gasteiger partial charge in [-0.15, -0.1) is 0 Å². The maximum absolute atomic E-state index is 13.3. The van der Waals surface area contributed by atoms with Crippen LogP contribution in [0.5, 0.6) is 5.75 Å². The highest BCUT2D eigenvalue weighted by atomic mass is 19.4. The van der Waals surface area contributed by atoms with Crippen LogP contribution in [-0.2, 0) is 19.2 Å². The molecule has 0 aliphatic heterocycles. The van der Waals surface area contributed by atoms with E-state index in [0.29, 0.717) is 30.8 Å². The summed E-state index contributed by atoms with van der Waals surface area (Å²) in [5, 5.41) is 0.958. The fourth-order valence-electron chi connectivity index (χ4n) is 3.86. The van der Waals surface area contributed by atoms with Gasteiger partial charge in [-0.3, -0.25) is 0 Å². The first kappa shape index (κ1) is 22.0. The first-order valence-electron chi connectivity index (χ1n) is 10.6. The van der Waals surface area contributed by atoms with Gasteiger partial charge in [0.1, 0.15) is 12.4 Å². The summed E-state index contributed by atoms with van der Waals surface area (Å²) in [5.41, 5.74) is 9.15. The number of hydrogen-bond donors (Lipinski definition) is 2. The minimum Gasteiger partial charge on any atom is -0.489 e. The fourth-order valence-corrected chi connectivity index (χ4v) is 3.86. The van der Waals surface area contributed by atoms with E-state index < -0.39 is 11.7 Å². The van der Waals surface area contributed by atoms with Crippen molar-refractivity contribution in [2.45, 2.75) is 32.0 Å². The number of aryl methyl sites for hydroxylation is 1. The molecular weight excluding hydrogens is 413 g/mol. The molecular formula is C26H25F3N2O. The highest BCUT2D eigenvalue weighted by molar-refractivity contribution is 5.91. The number of hydrogen-bond acceptors (Lipinski definition) is 2. The molecule has 0 aliphatic rings. The molecule has 0 saturated heterocycles. The van der Waals surface area contributed by atoms with Crippen molar-refractivity contribution in [2.24, 2.45) is 5.73 Å². The predicted molar refractivity (Wildman–Crippen MR) is 122 cm³/mol. The van der Waals surface area contributed by atoms with Crippen LogP contribution in [0.3, 0.4) is 0 Å². The topological polar surface area (TPSA) is 51.0 Å². The highest BCUT2D eigenvalue weighted by Crippen LogP contribution is 2.37. The number of rotatable bonds is 8. The third kappa shape index (κ3) is 4.97. The van der Waals surface area contributed by atoms with Crippen LogP contribution in [0.15, 0.2) is 72.8 Å². The Balaban J connectivity index is 1.71. The van der Waals surface area contributed by atoms with Gasteiger partial charge in [-0.2, -0.15) is 13.2 Å². The minimum atomic E-state index is -4.39. The summed E-state index contributed by atoms with van der Waals surface area (Å²) in [6, 6.07) is 21.1. The molecule has 166 valence electrons. The Morgan fingerprint density at radius 1 is 0.875 bits per heavy atom. The van der Waals surface area contributed by atoms with Gasteiger partial charge in [0.2, 0.25) is 0 Å². The zero-order valence-corrected chi connectivity index (χ0v) is 17.6. The number of aromatic amines is 1. The molecule has 0 spiro atoms. The smallest absolute Gasteiger partial charge is 0.416 e. The van der Waals surface area contributed by atoms with Crippen LogP contribution >= 0.6 is 0 Å². The molecule has 3 nitrogen and oxygen atoms in total. The number of alkyl halides is 3. The zero-order chi connectivity index (χ0) is 22.6. The Labute approximate surface area is 185 Å². The molecule has 0 fully saturated rings. The molecule has 1 heterocycles. The van der Waals surface area contributed by atoms with E-state index in [0.717, 1.165) is 46.7 Å². The number of benzene rings is 3. The molecule has 0 radical (unpaired) electrons. The van der Waals surface area contributed by atoms with Crippen molar-refractivity contribution in [3.05, 3.63) is 89.5 Å². The summed E-state index contributed by atoms with van der Waals surface area (Å²) in [5.74, 6) is 0.719. The summed E-state index contributed by atoms with van der Waals surface area (Å²) < 4.78 is 45.8. The van der Waals surface area contributed by atoms with Crippen LogP contribution < -0.4 is 10.5 Å². The Morgan fingerprint density at radius 3 is 2.44 bits per heavy atom. The second-order valence-electron chi connectivity index (χ2n) is 7.78. The fraction of sp³-hybridized carbons (Fsp3) is 0.231. The molecule has 6 heteroatoms. The first-order chi connectivity index (χ1) is 15.5. The Bertz CT molecular complexity index is 1180. The molecule has 0 aliphatic carbocycles. The molecule has 0 unspecified atom stereocenters. The van der Waals surface area contributed by atoms with Crippen molar-refractivity contribution in [1.29, 1.82) is 0 Å². The van der Waals surface area contributed by atoms with Crippen LogP contribution in [0.25, 0.3) is 22.2 Å². The van der Waals surface area contributed by atoms with Gasteiger partial charge in [0, 0.05) is 16.6 Å². The third-order valence-electron chi connectivity index (χ3n) is 5.49. The number of unbranched alkanes of at least 4 members (excludes halogenated alkanes) is 1. The zero-order valence-electron chi connectivity index (χ0n) is 17.6. The molecule has 4 aromatic rings. The summed E-state index contributed by atoms with van der Waals surface area (Å²) in [4.78, 5) is 3.33. The van der Waals surface area contributed by atoms with E-state index in [9.17, 15) is 13.2 Å². The lowest BCUT2D eigenvalue weighted by Gasteiger charge is -2.10. The van der Waals surface area contributed by atoms with E-state index in [2.05, 4.69) is 4.98 Å². The second kappa shape index (κ2) is 9.49. The Morgan fingerprint density at radius 2 is 1.69 bits per heavy atom. The predicted octanol–water partition coefficient (Wildman–Crippen LogP) is 6.71. The van der Waals surface area contributed by atoms with Crippen LogP contribution in [0, 0.1) is 0 Å². The molecule has 3 N–H and O–H groups in total. The van der Waals surface area contributed by atoms with Gasteiger partial charge in [-0.25, -0.2) is 0 Å². The summed E-state index contributed by atoms with van der Waals surface area (Å²) in [7, 11) is 0. The van der Waals surface area contributed by atoms with E-state index in [1.165, 1.54) is 12.1 Å². The SMILES string of the molecule is NCCCCc1c(-c2cccc(C(F)(F)F)c2)[nH]c2ccc(OCc3ccccc3)cc12. The van der Waals surface area contributed by atoms with Gasteiger partial charge in [0.15, 0.2) is 0 Å². The molecule has 0 bridgehead atoms. The van der Waals surface area contributed by atoms with Gasteiger partial charge in [-0.1, -0.05) is 42.5 Å². The summed E-state index contributed by atoms with van der Waals surface area (Å²) >= 11 is 0. The summed E-state index contributed by atoms with van der Waals surface area (Å²) in [6.07, 6.45) is -1.98. The number of halogens is 3. The van der Waals surface area contributed by atoms with Crippen LogP contribution in [0.2, 0.25) is 0 Å². The lowest BCUT2D eigenvalue weighted by molar-refractivity contribution is -0.137. The van der Waals surface area contributed by atoms with Crippen molar-refractivity contribution < 1.29 is 17.9 Å².